The quantitative estimate of drug-likeness (QED) is 0.333. The van der Waals surface area contributed by atoms with Gasteiger partial charge in [0.25, 0.3) is 5.91 Å². The number of nitrogens with zero attached hydrogens (tertiary/aromatic N) is 2. The fraction of sp³-hybridized carbons (Fsp3) is 0.154. The molecule has 2 rings (SSSR count). The van der Waals surface area contributed by atoms with Crippen molar-refractivity contribution in [1.29, 1.82) is 0 Å². The summed E-state index contributed by atoms with van der Waals surface area (Å²) in [7, 11) is 0. The molecule has 20 heavy (non-hydrogen) atoms. The lowest BCUT2D eigenvalue weighted by atomic mass is 10.1. The minimum atomic E-state index is -0.257. The predicted octanol–water partition coefficient (Wildman–Crippen LogP) is 1.01. The van der Waals surface area contributed by atoms with Gasteiger partial charge < -0.3 is 20.7 Å². The average Bonchev–Trinajstić information content (AvgIpc) is 2.89. The first-order valence-corrected chi connectivity index (χ1v) is 5.87. The summed E-state index contributed by atoms with van der Waals surface area (Å²) >= 11 is 0. The maximum absolute atomic E-state index is 11.9. The molecule has 0 fully saturated rings. The number of hydrogen-bond donors (Lipinski definition) is 3. The van der Waals surface area contributed by atoms with Crippen molar-refractivity contribution in [2.45, 2.75) is 13.5 Å². The highest BCUT2D eigenvalue weighted by molar-refractivity contribution is 5.99. The van der Waals surface area contributed by atoms with Gasteiger partial charge in [0.2, 0.25) is 5.89 Å². The van der Waals surface area contributed by atoms with Crippen LogP contribution >= 0.6 is 0 Å². The van der Waals surface area contributed by atoms with E-state index < -0.39 is 0 Å². The lowest BCUT2D eigenvalue weighted by Gasteiger charge is -2.04. The monoisotopic (exact) mass is 274 g/mol. The van der Waals surface area contributed by atoms with Crippen LogP contribution in [0.1, 0.15) is 27.6 Å². The lowest BCUT2D eigenvalue weighted by molar-refractivity contribution is 0.0947. The Hall–Kier alpha value is -2.83. The molecule has 7 nitrogen and oxygen atoms in total. The summed E-state index contributed by atoms with van der Waals surface area (Å²) in [5.74, 6) is 0.876. The normalized spacial score (nSPS) is 11.3. The van der Waals surface area contributed by atoms with Crippen LogP contribution in [0.15, 0.2) is 40.0 Å². The molecule has 1 aromatic heterocycles. The average molecular weight is 274 g/mol. The zero-order valence-electron chi connectivity index (χ0n) is 10.8. The first kappa shape index (κ1) is 13.6. The second kappa shape index (κ2) is 5.87. The fourth-order valence-electron chi connectivity index (χ4n) is 1.59. The second-order valence-electron chi connectivity index (χ2n) is 4.11. The molecule has 0 saturated heterocycles. The Morgan fingerprint density at radius 1 is 1.40 bits per heavy atom. The Balaban J connectivity index is 1.99. The maximum atomic E-state index is 11.9. The predicted molar refractivity (Wildman–Crippen MR) is 71.4 cm³/mol. The zero-order valence-corrected chi connectivity index (χ0v) is 10.8. The van der Waals surface area contributed by atoms with Crippen LogP contribution in [0.4, 0.5) is 0 Å². The van der Waals surface area contributed by atoms with E-state index >= 15 is 0 Å². The number of aromatic nitrogens is 1. The van der Waals surface area contributed by atoms with E-state index in [0.29, 0.717) is 22.8 Å². The van der Waals surface area contributed by atoms with Gasteiger partial charge >= 0.3 is 0 Å². The summed E-state index contributed by atoms with van der Waals surface area (Å²) in [4.78, 5) is 15.9. The molecule has 7 heteroatoms. The third-order valence-electron chi connectivity index (χ3n) is 2.62. The van der Waals surface area contributed by atoms with E-state index in [1.807, 2.05) is 0 Å². The zero-order chi connectivity index (χ0) is 14.5. The number of amidine groups is 1. The van der Waals surface area contributed by atoms with Crippen molar-refractivity contribution in [3.63, 3.8) is 0 Å². The first-order valence-electron chi connectivity index (χ1n) is 5.87. The molecule has 0 spiro atoms. The summed E-state index contributed by atoms with van der Waals surface area (Å²) < 4.78 is 5.25. The van der Waals surface area contributed by atoms with Gasteiger partial charge in [0.05, 0.1) is 12.7 Å². The molecular formula is C13H14N4O3. The van der Waals surface area contributed by atoms with Crippen LogP contribution in [0, 0.1) is 6.92 Å². The number of benzene rings is 1. The molecule has 0 bridgehead atoms. The molecular weight excluding hydrogens is 260 g/mol. The van der Waals surface area contributed by atoms with Crippen molar-refractivity contribution in [3.8, 4) is 0 Å². The van der Waals surface area contributed by atoms with Gasteiger partial charge in [0.15, 0.2) is 5.84 Å². The number of carbonyl (C=O) groups excluding carboxylic acids is 1. The van der Waals surface area contributed by atoms with E-state index in [2.05, 4.69) is 15.5 Å². The Bertz CT molecular complexity index is 631. The SMILES string of the molecule is Cc1cnc(CNC(=O)c2ccc(/C(N)=N/O)cc2)o1. The van der Waals surface area contributed by atoms with Gasteiger partial charge in [-0.2, -0.15) is 0 Å². The summed E-state index contributed by atoms with van der Waals surface area (Å²) in [6, 6.07) is 6.37. The van der Waals surface area contributed by atoms with E-state index in [1.165, 1.54) is 0 Å². The summed E-state index contributed by atoms with van der Waals surface area (Å²) in [6.45, 7) is 2.00. The number of oxazole rings is 1. The molecule has 1 aromatic carbocycles. The number of rotatable bonds is 4. The van der Waals surface area contributed by atoms with Crippen molar-refractivity contribution < 1.29 is 14.4 Å². The first-order chi connectivity index (χ1) is 9.60. The van der Waals surface area contributed by atoms with Crippen LogP contribution in [0.5, 0.6) is 0 Å². The fourth-order valence-corrected chi connectivity index (χ4v) is 1.59. The molecule has 104 valence electrons. The Morgan fingerprint density at radius 2 is 2.05 bits per heavy atom. The van der Waals surface area contributed by atoms with Crippen LogP contribution in [0.25, 0.3) is 0 Å². The number of carbonyl (C=O) groups is 1. The van der Waals surface area contributed by atoms with E-state index in [4.69, 9.17) is 15.4 Å². The number of hydrogen-bond acceptors (Lipinski definition) is 5. The van der Waals surface area contributed by atoms with E-state index in [-0.39, 0.29) is 18.3 Å². The van der Waals surface area contributed by atoms with Gasteiger partial charge in [0.1, 0.15) is 5.76 Å². The minimum Gasteiger partial charge on any atom is -0.444 e. The molecule has 0 radical (unpaired) electrons. The molecule has 1 amide bonds. The second-order valence-corrected chi connectivity index (χ2v) is 4.11. The van der Waals surface area contributed by atoms with Crippen molar-refractivity contribution in [3.05, 3.63) is 53.2 Å². The summed E-state index contributed by atoms with van der Waals surface area (Å²) in [5, 5.41) is 14.1. The van der Waals surface area contributed by atoms with Gasteiger partial charge in [0, 0.05) is 11.1 Å². The topological polar surface area (TPSA) is 114 Å². The molecule has 4 N–H and O–H groups in total. The summed E-state index contributed by atoms with van der Waals surface area (Å²) in [5.41, 5.74) is 6.43. The van der Waals surface area contributed by atoms with Crippen LogP contribution in [0.3, 0.4) is 0 Å². The van der Waals surface area contributed by atoms with Gasteiger partial charge in [-0.05, 0) is 19.1 Å². The number of nitrogens with two attached hydrogens (primary N) is 1. The smallest absolute Gasteiger partial charge is 0.251 e. The Kier molecular flexibility index (Phi) is 3.99. The Morgan fingerprint density at radius 3 is 2.60 bits per heavy atom. The van der Waals surface area contributed by atoms with E-state index in [0.717, 1.165) is 0 Å². The highest BCUT2D eigenvalue weighted by Crippen LogP contribution is 2.05. The molecule has 0 aliphatic rings. The van der Waals surface area contributed by atoms with Crippen LogP contribution in [0.2, 0.25) is 0 Å². The third kappa shape index (κ3) is 3.14. The molecule has 0 unspecified atom stereocenters. The molecule has 0 aliphatic carbocycles. The largest absolute Gasteiger partial charge is 0.444 e. The lowest BCUT2D eigenvalue weighted by Crippen LogP contribution is -2.23. The van der Waals surface area contributed by atoms with Gasteiger partial charge in [-0.25, -0.2) is 4.98 Å². The molecule has 0 saturated carbocycles. The molecule has 0 aliphatic heterocycles. The van der Waals surface area contributed by atoms with Gasteiger partial charge in [-0.3, -0.25) is 4.79 Å². The highest BCUT2D eigenvalue weighted by atomic mass is 16.4. The summed E-state index contributed by atoms with van der Waals surface area (Å²) in [6.07, 6.45) is 1.59. The third-order valence-corrected chi connectivity index (χ3v) is 2.62. The van der Waals surface area contributed by atoms with Gasteiger partial charge in [-0.1, -0.05) is 17.3 Å². The molecule has 1 heterocycles. The van der Waals surface area contributed by atoms with Crippen molar-refractivity contribution in [2.75, 3.05) is 0 Å². The van der Waals surface area contributed by atoms with Crippen molar-refractivity contribution >= 4 is 11.7 Å². The van der Waals surface area contributed by atoms with Crippen LogP contribution in [-0.4, -0.2) is 21.9 Å². The van der Waals surface area contributed by atoms with Crippen molar-refractivity contribution in [2.24, 2.45) is 10.9 Å². The van der Waals surface area contributed by atoms with E-state index in [1.54, 1.807) is 37.4 Å². The van der Waals surface area contributed by atoms with Gasteiger partial charge in [-0.15, -0.1) is 0 Å². The number of amides is 1. The molecule has 0 atom stereocenters. The standard InChI is InChI=1S/C13H14N4O3/c1-8-6-15-11(20-8)7-16-13(18)10-4-2-9(3-5-10)12(14)17-19/h2-6,19H,7H2,1H3,(H2,14,17)(H,16,18). The van der Waals surface area contributed by atoms with Crippen LogP contribution < -0.4 is 11.1 Å². The van der Waals surface area contributed by atoms with E-state index in [9.17, 15) is 4.79 Å². The molecule has 2 aromatic rings. The highest BCUT2D eigenvalue weighted by Gasteiger charge is 2.08. The number of oxime groups is 1. The maximum Gasteiger partial charge on any atom is 0.251 e. The van der Waals surface area contributed by atoms with Crippen LogP contribution in [-0.2, 0) is 6.54 Å². The number of aryl methyl sites for hydroxylation is 1. The minimum absolute atomic E-state index is 0.00720. The van der Waals surface area contributed by atoms with Crippen molar-refractivity contribution in [1.82, 2.24) is 10.3 Å². The number of nitrogens with one attached hydrogen (secondary N) is 1. The Labute approximate surface area is 115 Å².